The number of halogens is 5. The minimum atomic E-state index is -4.40. The number of alkyl halides is 3. The van der Waals surface area contributed by atoms with E-state index in [9.17, 15) is 13.2 Å². The Balaban J connectivity index is 1.81. The largest absolute Gasteiger partial charge is 0.416 e. The molecule has 0 radical (unpaired) electrons. The predicted octanol–water partition coefficient (Wildman–Crippen LogP) is 6.17. The zero-order valence-corrected chi connectivity index (χ0v) is 15.5. The van der Waals surface area contributed by atoms with Crippen LogP contribution in [0.3, 0.4) is 0 Å². The van der Waals surface area contributed by atoms with Crippen molar-refractivity contribution in [1.82, 2.24) is 9.55 Å². The summed E-state index contributed by atoms with van der Waals surface area (Å²) in [5.74, 6) is 0. The first-order valence-corrected chi connectivity index (χ1v) is 8.77. The molecule has 1 heterocycles. The zero-order chi connectivity index (χ0) is 19.4. The lowest BCUT2D eigenvalue weighted by molar-refractivity contribution is -0.137. The van der Waals surface area contributed by atoms with Gasteiger partial charge in [-0.2, -0.15) is 13.2 Å². The molecule has 0 spiro atoms. The van der Waals surface area contributed by atoms with Crippen molar-refractivity contribution < 1.29 is 17.9 Å². The summed E-state index contributed by atoms with van der Waals surface area (Å²) in [5.41, 5.74) is 0.409. The van der Waals surface area contributed by atoms with E-state index in [1.165, 1.54) is 6.07 Å². The number of hydrogen-bond donors (Lipinski definition) is 0. The Kier molecular flexibility index (Phi) is 6.09. The van der Waals surface area contributed by atoms with Gasteiger partial charge in [-0.3, -0.25) is 0 Å². The third-order valence-corrected chi connectivity index (χ3v) is 4.51. The average Bonchev–Trinajstić information content (AvgIpc) is 3.11. The van der Waals surface area contributed by atoms with E-state index in [1.54, 1.807) is 43.0 Å². The molecule has 0 fully saturated rings. The highest BCUT2D eigenvalue weighted by molar-refractivity contribution is 6.35. The topological polar surface area (TPSA) is 27.1 Å². The summed E-state index contributed by atoms with van der Waals surface area (Å²) in [6, 6.07) is 10.1. The van der Waals surface area contributed by atoms with Crippen molar-refractivity contribution in [3.63, 3.8) is 0 Å². The molecule has 0 aliphatic carbocycles. The van der Waals surface area contributed by atoms with Crippen molar-refractivity contribution in [2.45, 2.75) is 25.4 Å². The molecule has 2 aromatic carbocycles. The van der Waals surface area contributed by atoms with Gasteiger partial charge in [0.15, 0.2) is 0 Å². The molecule has 1 aromatic heterocycles. The van der Waals surface area contributed by atoms with Crippen LogP contribution in [0.5, 0.6) is 0 Å². The number of hydrogen-bond acceptors (Lipinski definition) is 2. The van der Waals surface area contributed by atoms with Crippen molar-refractivity contribution in [3.05, 3.63) is 87.9 Å². The molecule has 0 aliphatic rings. The van der Waals surface area contributed by atoms with Crippen LogP contribution in [0, 0.1) is 0 Å². The molecule has 142 valence electrons. The lowest BCUT2D eigenvalue weighted by Gasteiger charge is -2.20. The number of ether oxygens (including phenoxy) is 1. The molecule has 27 heavy (non-hydrogen) atoms. The number of rotatable bonds is 6. The van der Waals surface area contributed by atoms with Gasteiger partial charge in [-0.15, -0.1) is 0 Å². The van der Waals surface area contributed by atoms with E-state index in [0.717, 1.165) is 12.1 Å². The van der Waals surface area contributed by atoms with E-state index in [0.29, 0.717) is 27.7 Å². The van der Waals surface area contributed by atoms with Crippen LogP contribution in [0.2, 0.25) is 10.0 Å². The van der Waals surface area contributed by atoms with Crippen LogP contribution in [0.1, 0.15) is 22.8 Å². The zero-order valence-electron chi connectivity index (χ0n) is 14.0. The fourth-order valence-electron chi connectivity index (χ4n) is 2.62. The van der Waals surface area contributed by atoms with E-state index in [4.69, 9.17) is 27.9 Å². The van der Waals surface area contributed by atoms with Gasteiger partial charge in [-0.25, -0.2) is 4.98 Å². The molecule has 0 saturated heterocycles. The van der Waals surface area contributed by atoms with E-state index in [2.05, 4.69) is 4.98 Å². The number of aromatic nitrogens is 2. The van der Waals surface area contributed by atoms with Crippen molar-refractivity contribution in [1.29, 1.82) is 0 Å². The Hall–Kier alpha value is -2.02. The van der Waals surface area contributed by atoms with E-state index in [-0.39, 0.29) is 6.61 Å². The number of benzene rings is 2. The van der Waals surface area contributed by atoms with Crippen LogP contribution in [0.4, 0.5) is 13.2 Å². The van der Waals surface area contributed by atoms with Crippen molar-refractivity contribution in [2.24, 2.45) is 0 Å². The molecule has 3 nitrogen and oxygen atoms in total. The van der Waals surface area contributed by atoms with Gasteiger partial charge in [-0.1, -0.05) is 41.4 Å². The van der Waals surface area contributed by atoms with Gasteiger partial charge in [0, 0.05) is 28.0 Å². The Bertz CT molecular complexity index is 898. The summed E-state index contributed by atoms with van der Waals surface area (Å²) < 4.78 is 46.4. The summed E-state index contributed by atoms with van der Waals surface area (Å²) in [4.78, 5) is 3.99. The predicted molar refractivity (Wildman–Crippen MR) is 97.7 cm³/mol. The Labute approximate surface area is 164 Å². The lowest BCUT2D eigenvalue weighted by Crippen LogP contribution is -2.13. The number of imidazole rings is 1. The lowest BCUT2D eigenvalue weighted by atomic mass is 10.1. The standard InChI is InChI=1S/C19H15Cl2F3N2O/c20-15-4-5-16(17(21)9-15)18(10-26-7-6-25-12-26)27-11-13-2-1-3-14(8-13)19(22,23)24/h1-9,12,18H,10-11H2/t18-/m1/s1. The second-order valence-corrected chi connectivity index (χ2v) is 6.77. The second-order valence-electron chi connectivity index (χ2n) is 5.92. The maximum Gasteiger partial charge on any atom is 0.416 e. The van der Waals surface area contributed by atoms with Gasteiger partial charge in [0.25, 0.3) is 0 Å². The third kappa shape index (κ3) is 5.25. The molecule has 0 bridgehead atoms. The van der Waals surface area contributed by atoms with Gasteiger partial charge < -0.3 is 9.30 Å². The summed E-state index contributed by atoms with van der Waals surface area (Å²) in [7, 11) is 0. The van der Waals surface area contributed by atoms with Gasteiger partial charge in [0.1, 0.15) is 6.10 Å². The molecule has 0 N–H and O–H groups in total. The molecule has 8 heteroatoms. The van der Waals surface area contributed by atoms with Gasteiger partial charge in [0.05, 0.1) is 25.0 Å². The summed E-state index contributed by atoms with van der Waals surface area (Å²) in [5, 5.41) is 0.916. The van der Waals surface area contributed by atoms with E-state index < -0.39 is 17.8 Å². The molecular weight excluding hydrogens is 400 g/mol. The van der Waals surface area contributed by atoms with Crippen LogP contribution in [-0.2, 0) is 24.1 Å². The Morgan fingerprint density at radius 3 is 2.59 bits per heavy atom. The maximum absolute atomic E-state index is 12.9. The first-order chi connectivity index (χ1) is 12.8. The van der Waals surface area contributed by atoms with Gasteiger partial charge in [0.2, 0.25) is 0 Å². The van der Waals surface area contributed by atoms with Crippen LogP contribution in [0.15, 0.2) is 61.2 Å². The smallest absolute Gasteiger partial charge is 0.367 e. The fourth-order valence-corrected chi connectivity index (χ4v) is 3.15. The minimum absolute atomic E-state index is 0.00222. The first kappa shape index (κ1) is 19.7. The van der Waals surface area contributed by atoms with Crippen LogP contribution in [-0.4, -0.2) is 9.55 Å². The van der Waals surface area contributed by atoms with E-state index in [1.807, 2.05) is 4.57 Å². The third-order valence-electron chi connectivity index (χ3n) is 3.95. The molecule has 3 rings (SSSR count). The molecule has 0 saturated carbocycles. The molecule has 0 unspecified atom stereocenters. The normalized spacial score (nSPS) is 12.9. The molecule has 0 aliphatic heterocycles. The highest BCUT2D eigenvalue weighted by Gasteiger charge is 2.30. The summed E-state index contributed by atoms with van der Waals surface area (Å²) >= 11 is 12.2. The quantitative estimate of drug-likeness (QED) is 0.482. The molecule has 0 amide bonds. The fraction of sp³-hybridized carbons (Fsp3) is 0.211. The van der Waals surface area contributed by atoms with E-state index >= 15 is 0 Å². The molecule has 1 atom stereocenters. The number of nitrogens with zero attached hydrogens (tertiary/aromatic N) is 2. The summed E-state index contributed by atoms with van der Waals surface area (Å²) in [6.07, 6.45) is 0.145. The highest BCUT2D eigenvalue weighted by atomic mass is 35.5. The SMILES string of the molecule is FC(F)(F)c1cccc(CO[C@H](Cn2ccnc2)c2ccc(Cl)cc2Cl)c1. The Morgan fingerprint density at radius 1 is 1.11 bits per heavy atom. The maximum atomic E-state index is 12.9. The van der Waals surface area contributed by atoms with Gasteiger partial charge >= 0.3 is 6.18 Å². The van der Waals surface area contributed by atoms with Crippen molar-refractivity contribution in [3.8, 4) is 0 Å². The highest BCUT2D eigenvalue weighted by Crippen LogP contribution is 2.32. The average molecular weight is 415 g/mol. The molecular formula is C19H15Cl2F3N2O. The van der Waals surface area contributed by atoms with Crippen LogP contribution < -0.4 is 0 Å². The molecule has 3 aromatic rings. The van der Waals surface area contributed by atoms with Crippen LogP contribution in [0.25, 0.3) is 0 Å². The van der Waals surface area contributed by atoms with Crippen LogP contribution >= 0.6 is 23.2 Å². The first-order valence-electron chi connectivity index (χ1n) is 8.01. The minimum Gasteiger partial charge on any atom is -0.367 e. The Morgan fingerprint density at radius 2 is 1.93 bits per heavy atom. The van der Waals surface area contributed by atoms with Gasteiger partial charge in [-0.05, 0) is 29.8 Å². The van der Waals surface area contributed by atoms with Crippen molar-refractivity contribution in [2.75, 3.05) is 0 Å². The van der Waals surface area contributed by atoms with Crippen molar-refractivity contribution >= 4 is 23.2 Å². The monoisotopic (exact) mass is 414 g/mol. The summed E-state index contributed by atoms with van der Waals surface area (Å²) in [6.45, 7) is 0.405. The second kappa shape index (κ2) is 8.33.